The normalized spacial score (nSPS) is 12.4. The standard InChI is InChI=1S/C37H30N8O18S3/c1-16-9-23(25(61-2)14-28(16)64(52,53)54)41-43-32-33(37(50)51)44-45(35(32)47)19-6-7-20-17(10-19)11-30(66(58,59)60)31(34(20)46)42-39-22-8-5-18(12-21(22)36(48)49)38-40-24-13-27(63-4)29(65(55,56)57)15-26(24)62-3/h5-15,46-47H,1-4H3,(H,48,49)(H,50,51)(H,52,53,54)(H,55,56,57)(H,58,59,60). The molecule has 0 spiro atoms. The minimum Gasteiger partial charge on any atom is -0.505 e. The van der Waals surface area contributed by atoms with E-state index < -0.39 is 96.9 Å². The summed E-state index contributed by atoms with van der Waals surface area (Å²) in [5.74, 6) is -5.77. The van der Waals surface area contributed by atoms with Gasteiger partial charge in [0, 0.05) is 23.6 Å². The number of fused-ring (bicyclic) bond motifs is 1. The van der Waals surface area contributed by atoms with Crippen LogP contribution in [0.4, 0.5) is 34.1 Å². The van der Waals surface area contributed by atoms with E-state index in [0.29, 0.717) is 4.68 Å². The lowest BCUT2D eigenvalue weighted by molar-refractivity contribution is 0.0683. The summed E-state index contributed by atoms with van der Waals surface area (Å²) in [6, 6.07) is 11.7. The molecule has 0 saturated heterocycles. The van der Waals surface area contributed by atoms with Crippen molar-refractivity contribution < 1.29 is 83.1 Å². The van der Waals surface area contributed by atoms with E-state index in [4.69, 9.17) is 14.2 Å². The third kappa shape index (κ3) is 9.59. The molecule has 0 radical (unpaired) electrons. The molecule has 6 rings (SSSR count). The zero-order valence-corrected chi connectivity index (χ0v) is 36.2. The molecule has 0 atom stereocenters. The van der Waals surface area contributed by atoms with Gasteiger partial charge in [0.05, 0.1) is 38.3 Å². The van der Waals surface area contributed by atoms with Gasteiger partial charge in [-0.05, 0) is 66.4 Å². The maximum Gasteiger partial charge on any atom is 0.358 e. The number of phenols is 1. The summed E-state index contributed by atoms with van der Waals surface area (Å²) in [5, 5.41) is 68.9. The van der Waals surface area contributed by atoms with Gasteiger partial charge in [-0.3, -0.25) is 13.7 Å². The number of phenolic OH excluding ortho intramolecular Hbond substituents is 1. The molecule has 5 aromatic carbocycles. The molecule has 6 aromatic rings. The van der Waals surface area contributed by atoms with Crippen LogP contribution in [0.15, 0.2) is 112 Å². The molecule has 0 aliphatic heterocycles. The number of aryl methyl sites for hydroxylation is 1. The number of hydrogen-bond acceptors (Lipinski definition) is 20. The molecule has 0 bridgehead atoms. The third-order valence-corrected chi connectivity index (χ3v) is 11.8. The minimum absolute atomic E-state index is 0.00999. The predicted octanol–water partition coefficient (Wildman–Crippen LogP) is 7.15. The van der Waals surface area contributed by atoms with Crippen LogP contribution in [0.25, 0.3) is 16.5 Å². The number of carboxylic acids is 2. The van der Waals surface area contributed by atoms with Crippen LogP contribution in [-0.2, 0) is 30.4 Å². The van der Waals surface area contributed by atoms with Crippen molar-refractivity contribution in [1.82, 2.24) is 9.78 Å². The fourth-order valence-electron chi connectivity index (χ4n) is 6.05. The summed E-state index contributed by atoms with van der Waals surface area (Å²) in [6.45, 7) is 1.32. The number of aromatic nitrogens is 2. The Morgan fingerprint density at radius 2 is 1.15 bits per heavy atom. The highest BCUT2D eigenvalue weighted by atomic mass is 32.2. The summed E-state index contributed by atoms with van der Waals surface area (Å²) in [6.07, 6.45) is 0. The van der Waals surface area contributed by atoms with Crippen molar-refractivity contribution in [3.8, 4) is 34.6 Å². The second kappa shape index (κ2) is 17.9. The van der Waals surface area contributed by atoms with Gasteiger partial charge in [-0.1, -0.05) is 0 Å². The fourth-order valence-corrected chi connectivity index (χ4v) is 8.08. The first-order valence-corrected chi connectivity index (χ1v) is 22.0. The van der Waals surface area contributed by atoms with Crippen molar-refractivity contribution in [2.24, 2.45) is 30.7 Å². The number of azo groups is 3. The van der Waals surface area contributed by atoms with Gasteiger partial charge in [-0.2, -0.15) is 40.1 Å². The van der Waals surface area contributed by atoms with Gasteiger partial charge >= 0.3 is 11.9 Å². The Morgan fingerprint density at radius 1 is 0.591 bits per heavy atom. The van der Waals surface area contributed by atoms with Gasteiger partial charge in [0.2, 0.25) is 11.6 Å². The zero-order chi connectivity index (χ0) is 48.6. The molecule has 0 fully saturated rings. The Morgan fingerprint density at radius 3 is 1.73 bits per heavy atom. The highest BCUT2D eigenvalue weighted by molar-refractivity contribution is 7.86. The average Bonchev–Trinajstić information content (AvgIpc) is 3.58. The van der Waals surface area contributed by atoms with E-state index in [1.54, 1.807) is 0 Å². The Balaban J connectivity index is 1.38. The van der Waals surface area contributed by atoms with E-state index in [2.05, 4.69) is 35.8 Å². The SMILES string of the molecule is COc1cc(S(=O)(=O)O)c(OC)cc1N=Nc1ccc(N=Nc2c(S(=O)(=O)O)cc3cc(-n4nc(C(=O)O)c(N=Nc5cc(C)c(S(=O)(=O)O)cc5OC)c4O)ccc3c2O)c(C(=O)O)c1. The number of benzene rings is 5. The number of methoxy groups -OCH3 is 3. The average molecular weight is 971 g/mol. The number of carbonyl (C=O) groups is 2. The molecular weight excluding hydrogens is 941 g/mol. The van der Waals surface area contributed by atoms with Crippen molar-refractivity contribution in [3.63, 3.8) is 0 Å². The lowest BCUT2D eigenvalue weighted by Crippen LogP contribution is -2.02. The van der Waals surface area contributed by atoms with Gasteiger partial charge in [0.25, 0.3) is 30.4 Å². The van der Waals surface area contributed by atoms with E-state index in [0.717, 1.165) is 62.8 Å². The smallest absolute Gasteiger partial charge is 0.358 e. The van der Waals surface area contributed by atoms with Gasteiger partial charge in [0.1, 0.15) is 54.7 Å². The Bertz CT molecular complexity index is 3460. The number of ether oxygens (including phenoxy) is 3. The Hall–Kier alpha value is -7.96. The molecular formula is C37H30N8O18S3. The van der Waals surface area contributed by atoms with Crippen LogP contribution in [0.3, 0.4) is 0 Å². The molecule has 7 N–H and O–H groups in total. The van der Waals surface area contributed by atoms with E-state index >= 15 is 0 Å². The highest BCUT2D eigenvalue weighted by Crippen LogP contribution is 2.44. The number of aromatic hydroxyl groups is 2. The molecule has 0 aliphatic carbocycles. The molecule has 1 aromatic heterocycles. The van der Waals surface area contributed by atoms with Gasteiger partial charge < -0.3 is 34.6 Å². The molecule has 0 amide bonds. The molecule has 0 unspecified atom stereocenters. The van der Waals surface area contributed by atoms with Crippen molar-refractivity contribution in [3.05, 3.63) is 83.6 Å². The summed E-state index contributed by atoms with van der Waals surface area (Å²) < 4.78 is 117. The lowest BCUT2D eigenvalue weighted by Gasteiger charge is -2.11. The topological polar surface area (TPSA) is 398 Å². The Labute approximate surface area is 370 Å². The van der Waals surface area contributed by atoms with E-state index in [9.17, 15) is 68.9 Å². The number of rotatable bonds is 15. The largest absolute Gasteiger partial charge is 0.505 e. The number of nitrogens with zero attached hydrogens (tertiary/aromatic N) is 8. The van der Waals surface area contributed by atoms with Crippen LogP contribution >= 0.6 is 0 Å². The predicted molar refractivity (Wildman–Crippen MR) is 224 cm³/mol. The van der Waals surface area contributed by atoms with Crippen LogP contribution in [-0.4, -0.2) is 102 Å². The summed E-state index contributed by atoms with van der Waals surface area (Å²) in [7, 11) is -11.2. The fraction of sp³-hybridized carbons (Fsp3) is 0.108. The van der Waals surface area contributed by atoms with Crippen LogP contribution in [0.1, 0.15) is 26.4 Å². The van der Waals surface area contributed by atoms with Crippen LogP contribution in [0.5, 0.6) is 28.9 Å². The van der Waals surface area contributed by atoms with Crippen LogP contribution in [0, 0.1) is 6.92 Å². The monoisotopic (exact) mass is 970 g/mol. The first-order valence-electron chi connectivity index (χ1n) is 17.7. The van der Waals surface area contributed by atoms with Gasteiger partial charge in [-0.15, -0.1) is 25.6 Å². The number of hydrogen-bond donors (Lipinski definition) is 7. The second-order valence-electron chi connectivity index (χ2n) is 13.2. The van der Waals surface area contributed by atoms with Crippen LogP contribution in [0.2, 0.25) is 0 Å². The van der Waals surface area contributed by atoms with Crippen molar-refractivity contribution in [1.29, 1.82) is 0 Å². The molecule has 1 heterocycles. The lowest BCUT2D eigenvalue weighted by atomic mass is 10.1. The van der Waals surface area contributed by atoms with Crippen LogP contribution < -0.4 is 14.2 Å². The Kier molecular flexibility index (Phi) is 12.9. The van der Waals surface area contributed by atoms with Gasteiger partial charge in [-0.25, -0.2) is 9.59 Å². The quantitative estimate of drug-likeness (QED) is 0.0396. The maximum atomic E-state index is 12.6. The van der Waals surface area contributed by atoms with Crippen molar-refractivity contribution in [2.75, 3.05) is 21.3 Å². The minimum atomic E-state index is -5.25. The number of carboxylic acid groups (broad SMARTS) is 2. The van der Waals surface area contributed by atoms with Crippen molar-refractivity contribution >= 4 is 87.2 Å². The summed E-state index contributed by atoms with van der Waals surface area (Å²) in [5.41, 5.74) is -3.86. The summed E-state index contributed by atoms with van der Waals surface area (Å²) in [4.78, 5) is 22.3. The van der Waals surface area contributed by atoms with Crippen molar-refractivity contribution in [2.45, 2.75) is 21.6 Å². The maximum absolute atomic E-state index is 12.6. The molecule has 0 saturated carbocycles. The van der Waals surface area contributed by atoms with E-state index in [1.165, 1.54) is 32.2 Å². The van der Waals surface area contributed by atoms with Gasteiger partial charge in [0.15, 0.2) is 11.4 Å². The number of aromatic carboxylic acids is 2. The first kappa shape index (κ1) is 47.5. The molecule has 26 nitrogen and oxygen atoms in total. The third-order valence-electron chi connectivity index (χ3n) is 9.09. The second-order valence-corrected chi connectivity index (χ2v) is 17.4. The zero-order valence-electron chi connectivity index (χ0n) is 33.8. The van der Waals surface area contributed by atoms with E-state index in [-0.39, 0.29) is 56.3 Å². The first-order chi connectivity index (χ1) is 30.9. The summed E-state index contributed by atoms with van der Waals surface area (Å²) >= 11 is 0. The molecule has 29 heteroatoms. The molecule has 0 aliphatic rings. The van der Waals surface area contributed by atoms with E-state index in [1.807, 2.05) is 0 Å². The molecule has 344 valence electrons. The molecule has 66 heavy (non-hydrogen) atoms. The highest BCUT2D eigenvalue weighted by Gasteiger charge is 2.27.